The molecule has 0 unspecified atom stereocenters. The zero-order valence-electron chi connectivity index (χ0n) is 11.5. The standard InChI is InChI=1S/C14H13N3O3S/c1-19-12-7-9(8-13(16-12)20-2)17-14(18)15-10-5-3-4-6-11(10)21-17/h3-8H,1-2H3,(H,15,18). The van der Waals surface area contributed by atoms with Crippen LogP contribution in [0.5, 0.6) is 11.8 Å². The molecule has 6 nitrogen and oxygen atoms in total. The molecular formula is C14H13N3O3S. The van der Waals surface area contributed by atoms with Gasteiger partial charge in [-0.2, -0.15) is 4.98 Å². The van der Waals surface area contributed by atoms with Crippen molar-refractivity contribution in [3.8, 4) is 11.8 Å². The molecule has 0 radical (unpaired) electrons. The van der Waals surface area contributed by atoms with Crippen LogP contribution in [-0.4, -0.2) is 25.2 Å². The highest BCUT2D eigenvalue weighted by Crippen LogP contribution is 2.39. The number of para-hydroxylation sites is 1. The number of nitrogens with zero attached hydrogens (tertiary/aromatic N) is 2. The van der Waals surface area contributed by atoms with Gasteiger partial charge in [-0.1, -0.05) is 12.1 Å². The maximum atomic E-state index is 12.2. The highest BCUT2D eigenvalue weighted by molar-refractivity contribution is 8.01. The molecule has 1 N–H and O–H groups in total. The topological polar surface area (TPSA) is 63.7 Å². The Balaban J connectivity index is 1.99. The fourth-order valence-corrected chi connectivity index (χ4v) is 2.81. The molecule has 0 saturated heterocycles. The predicted octanol–water partition coefficient (Wildman–Crippen LogP) is 3.16. The van der Waals surface area contributed by atoms with Crippen LogP contribution in [0, 0.1) is 0 Å². The summed E-state index contributed by atoms with van der Waals surface area (Å²) in [5.74, 6) is 0.771. The summed E-state index contributed by atoms with van der Waals surface area (Å²) >= 11 is 1.34. The van der Waals surface area contributed by atoms with E-state index in [0.29, 0.717) is 17.4 Å². The minimum Gasteiger partial charge on any atom is -0.481 e. The summed E-state index contributed by atoms with van der Waals surface area (Å²) < 4.78 is 11.8. The van der Waals surface area contributed by atoms with Gasteiger partial charge in [0.25, 0.3) is 0 Å². The van der Waals surface area contributed by atoms with E-state index in [4.69, 9.17) is 9.47 Å². The van der Waals surface area contributed by atoms with Crippen molar-refractivity contribution in [3.05, 3.63) is 36.4 Å². The van der Waals surface area contributed by atoms with Gasteiger partial charge < -0.3 is 14.8 Å². The molecule has 2 aromatic rings. The number of methoxy groups -OCH3 is 2. The Morgan fingerprint density at radius 1 is 1.14 bits per heavy atom. The monoisotopic (exact) mass is 303 g/mol. The summed E-state index contributed by atoms with van der Waals surface area (Å²) in [5, 5.41) is 2.85. The second-order valence-corrected chi connectivity index (χ2v) is 5.21. The number of carbonyl (C=O) groups excluding carboxylic acids is 1. The summed E-state index contributed by atoms with van der Waals surface area (Å²) in [5.41, 5.74) is 1.44. The van der Waals surface area contributed by atoms with E-state index in [1.54, 1.807) is 12.1 Å². The quantitative estimate of drug-likeness (QED) is 0.882. The molecular weight excluding hydrogens is 290 g/mol. The van der Waals surface area contributed by atoms with Gasteiger partial charge in [0.1, 0.15) is 0 Å². The van der Waals surface area contributed by atoms with Gasteiger partial charge in [-0.15, -0.1) is 0 Å². The molecule has 1 aliphatic heterocycles. The zero-order chi connectivity index (χ0) is 14.8. The van der Waals surface area contributed by atoms with Crippen LogP contribution in [0.15, 0.2) is 41.3 Å². The van der Waals surface area contributed by atoms with Crippen molar-refractivity contribution in [2.75, 3.05) is 23.8 Å². The molecule has 1 aromatic heterocycles. The first-order chi connectivity index (χ1) is 10.2. The third kappa shape index (κ3) is 2.59. The first kappa shape index (κ1) is 13.6. The van der Waals surface area contributed by atoms with Crippen LogP contribution in [0.25, 0.3) is 0 Å². The molecule has 0 fully saturated rings. The van der Waals surface area contributed by atoms with Gasteiger partial charge >= 0.3 is 6.03 Å². The number of rotatable bonds is 3. The van der Waals surface area contributed by atoms with Crippen molar-refractivity contribution in [1.29, 1.82) is 0 Å². The molecule has 1 aromatic carbocycles. The fraction of sp³-hybridized carbons (Fsp3) is 0.143. The lowest BCUT2D eigenvalue weighted by Crippen LogP contribution is -2.32. The first-order valence-electron chi connectivity index (χ1n) is 6.19. The molecule has 0 atom stereocenters. The lowest BCUT2D eigenvalue weighted by Gasteiger charge is -2.27. The van der Waals surface area contributed by atoms with Crippen molar-refractivity contribution in [3.63, 3.8) is 0 Å². The Hall–Kier alpha value is -2.41. The van der Waals surface area contributed by atoms with E-state index in [1.165, 1.54) is 30.5 Å². The number of urea groups is 1. The summed E-state index contributed by atoms with van der Waals surface area (Å²) in [6.07, 6.45) is 0. The van der Waals surface area contributed by atoms with Gasteiger partial charge in [0, 0.05) is 12.1 Å². The van der Waals surface area contributed by atoms with E-state index in [2.05, 4.69) is 10.3 Å². The van der Waals surface area contributed by atoms with Crippen LogP contribution < -0.4 is 19.1 Å². The summed E-state index contributed by atoms with van der Waals surface area (Å²) in [6, 6.07) is 10.8. The maximum Gasteiger partial charge on any atom is 0.336 e. The number of amides is 2. The van der Waals surface area contributed by atoms with Crippen molar-refractivity contribution in [1.82, 2.24) is 4.98 Å². The molecule has 0 saturated carbocycles. The molecule has 7 heteroatoms. The largest absolute Gasteiger partial charge is 0.481 e. The molecule has 2 amide bonds. The van der Waals surface area contributed by atoms with Gasteiger partial charge in [0.2, 0.25) is 11.8 Å². The fourth-order valence-electron chi connectivity index (χ4n) is 1.92. The number of benzene rings is 1. The number of anilines is 2. The van der Waals surface area contributed by atoms with Crippen LogP contribution >= 0.6 is 11.9 Å². The van der Waals surface area contributed by atoms with Crippen molar-refractivity contribution >= 4 is 29.4 Å². The molecule has 2 heterocycles. The van der Waals surface area contributed by atoms with E-state index in [9.17, 15) is 4.79 Å². The zero-order valence-corrected chi connectivity index (χ0v) is 12.3. The summed E-state index contributed by atoms with van der Waals surface area (Å²) in [6.45, 7) is 0. The molecule has 21 heavy (non-hydrogen) atoms. The average molecular weight is 303 g/mol. The third-order valence-corrected chi connectivity index (χ3v) is 4.03. The normalized spacial score (nSPS) is 13.4. The van der Waals surface area contributed by atoms with Crippen LogP contribution in [0.2, 0.25) is 0 Å². The Morgan fingerprint density at radius 2 is 1.81 bits per heavy atom. The van der Waals surface area contributed by atoms with Crippen LogP contribution in [0.3, 0.4) is 0 Å². The number of nitrogens with one attached hydrogen (secondary N) is 1. The molecule has 3 rings (SSSR count). The Kier molecular flexibility index (Phi) is 3.57. The van der Waals surface area contributed by atoms with Gasteiger partial charge in [-0.3, -0.25) is 0 Å². The Bertz CT molecular complexity index is 671. The number of aromatic nitrogens is 1. The minimum atomic E-state index is -0.228. The number of ether oxygens (including phenoxy) is 2. The van der Waals surface area contributed by atoms with E-state index < -0.39 is 0 Å². The average Bonchev–Trinajstić information content (AvgIpc) is 2.53. The van der Waals surface area contributed by atoms with Gasteiger partial charge in [0.15, 0.2) is 0 Å². The Labute approximate surface area is 126 Å². The number of pyridine rings is 1. The first-order valence-corrected chi connectivity index (χ1v) is 6.97. The van der Waals surface area contributed by atoms with E-state index >= 15 is 0 Å². The van der Waals surface area contributed by atoms with Gasteiger partial charge in [-0.25, -0.2) is 9.10 Å². The highest BCUT2D eigenvalue weighted by atomic mass is 32.2. The van der Waals surface area contributed by atoms with Crippen LogP contribution in [0.1, 0.15) is 0 Å². The second kappa shape index (κ2) is 5.53. The molecule has 0 aliphatic carbocycles. The van der Waals surface area contributed by atoms with E-state index in [-0.39, 0.29) is 6.03 Å². The number of fused-ring (bicyclic) bond motifs is 1. The third-order valence-electron chi connectivity index (χ3n) is 2.92. The minimum absolute atomic E-state index is 0.228. The lowest BCUT2D eigenvalue weighted by molar-refractivity contribution is 0.260. The summed E-state index contributed by atoms with van der Waals surface area (Å²) in [4.78, 5) is 17.3. The molecule has 108 valence electrons. The molecule has 1 aliphatic rings. The van der Waals surface area contributed by atoms with Crippen molar-refractivity contribution in [2.45, 2.75) is 4.90 Å². The second-order valence-electron chi connectivity index (χ2n) is 4.22. The van der Waals surface area contributed by atoms with Gasteiger partial charge in [-0.05, 0) is 24.1 Å². The molecule has 0 bridgehead atoms. The maximum absolute atomic E-state index is 12.2. The van der Waals surface area contributed by atoms with Crippen LogP contribution in [0.4, 0.5) is 16.2 Å². The number of hydrogen-bond acceptors (Lipinski definition) is 5. The van der Waals surface area contributed by atoms with Gasteiger partial charge in [0.05, 0.1) is 30.5 Å². The smallest absolute Gasteiger partial charge is 0.336 e. The lowest BCUT2D eigenvalue weighted by atomic mass is 10.3. The van der Waals surface area contributed by atoms with Crippen molar-refractivity contribution in [2.24, 2.45) is 0 Å². The molecule has 0 spiro atoms. The van der Waals surface area contributed by atoms with E-state index in [1.807, 2.05) is 24.3 Å². The predicted molar refractivity (Wildman–Crippen MR) is 81.1 cm³/mol. The number of hydrogen-bond donors (Lipinski definition) is 1. The van der Waals surface area contributed by atoms with Crippen molar-refractivity contribution < 1.29 is 14.3 Å². The highest BCUT2D eigenvalue weighted by Gasteiger charge is 2.26. The van der Waals surface area contributed by atoms with Crippen LogP contribution in [-0.2, 0) is 0 Å². The number of carbonyl (C=O) groups is 1. The van der Waals surface area contributed by atoms with E-state index in [0.717, 1.165) is 10.6 Å². The SMILES string of the molecule is COc1cc(N2Sc3ccccc3NC2=O)cc(OC)n1. The summed E-state index contributed by atoms with van der Waals surface area (Å²) in [7, 11) is 3.04. The Morgan fingerprint density at radius 3 is 2.48 bits per heavy atom.